The summed E-state index contributed by atoms with van der Waals surface area (Å²) in [7, 11) is 4.15. The molecule has 0 aliphatic carbocycles. The van der Waals surface area contributed by atoms with Gasteiger partial charge in [-0.25, -0.2) is 4.98 Å². The van der Waals surface area contributed by atoms with Gasteiger partial charge >= 0.3 is 0 Å². The summed E-state index contributed by atoms with van der Waals surface area (Å²) in [6.07, 6.45) is 5.98. The average Bonchev–Trinajstić information content (AvgIpc) is 3.09. The van der Waals surface area contributed by atoms with E-state index in [1.165, 1.54) is 0 Å². The first-order valence-corrected chi connectivity index (χ1v) is 9.13. The highest BCUT2D eigenvalue weighted by atomic mass is 35.5. The second-order valence-corrected chi connectivity index (χ2v) is 7.32. The number of hydrogen-bond acceptors (Lipinski definition) is 3. The zero-order valence-electron chi connectivity index (χ0n) is 14.9. The number of carbonyl (C=O) groups excluding carboxylic acids is 1. The highest BCUT2D eigenvalue weighted by Crippen LogP contribution is 2.27. The topological polar surface area (TPSA) is 41.4 Å². The lowest BCUT2D eigenvalue weighted by Gasteiger charge is -2.33. The monoisotopic (exact) mass is 360 g/mol. The van der Waals surface area contributed by atoms with E-state index < -0.39 is 0 Å². The SMILES string of the molecule is CN(C)CCn1ccnc1[C@H]1CCCN(C(=O)c2ccc(Cl)cc2)C1. The van der Waals surface area contributed by atoms with Gasteiger partial charge in [0.1, 0.15) is 5.82 Å². The highest BCUT2D eigenvalue weighted by molar-refractivity contribution is 6.30. The van der Waals surface area contributed by atoms with Crippen LogP contribution < -0.4 is 0 Å². The van der Waals surface area contributed by atoms with Crippen LogP contribution in [0.25, 0.3) is 0 Å². The smallest absolute Gasteiger partial charge is 0.253 e. The van der Waals surface area contributed by atoms with Gasteiger partial charge in [0.15, 0.2) is 0 Å². The fraction of sp³-hybridized carbons (Fsp3) is 0.474. The van der Waals surface area contributed by atoms with Crippen LogP contribution in [-0.2, 0) is 6.54 Å². The van der Waals surface area contributed by atoms with E-state index in [-0.39, 0.29) is 5.91 Å². The van der Waals surface area contributed by atoms with Crippen molar-refractivity contribution in [3.05, 3.63) is 53.1 Å². The zero-order valence-corrected chi connectivity index (χ0v) is 15.6. The van der Waals surface area contributed by atoms with Gasteiger partial charge in [-0.15, -0.1) is 0 Å². The molecule has 25 heavy (non-hydrogen) atoms. The van der Waals surface area contributed by atoms with Crippen LogP contribution in [0.3, 0.4) is 0 Å². The molecule has 0 bridgehead atoms. The third kappa shape index (κ3) is 4.41. The zero-order chi connectivity index (χ0) is 17.8. The van der Waals surface area contributed by atoms with E-state index in [2.05, 4.69) is 28.5 Å². The van der Waals surface area contributed by atoms with Crippen molar-refractivity contribution in [3.8, 4) is 0 Å². The molecule has 1 atom stereocenters. The first kappa shape index (κ1) is 18.0. The fourth-order valence-electron chi connectivity index (χ4n) is 3.32. The summed E-state index contributed by atoms with van der Waals surface area (Å²) >= 11 is 5.92. The number of likely N-dealkylation sites (tertiary alicyclic amines) is 1. The molecule has 0 radical (unpaired) electrons. The van der Waals surface area contributed by atoms with Crippen LogP contribution in [0.15, 0.2) is 36.7 Å². The molecule has 1 saturated heterocycles. The van der Waals surface area contributed by atoms with Crippen LogP contribution in [0, 0.1) is 0 Å². The number of amides is 1. The Bertz CT molecular complexity index is 710. The van der Waals surface area contributed by atoms with Gasteiger partial charge in [0, 0.05) is 55.1 Å². The lowest BCUT2D eigenvalue weighted by molar-refractivity contribution is 0.0703. The number of rotatable bonds is 5. The van der Waals surface area contributed by atoms with E-state index in [4.69, 9.17) is 11.6 Å². The summed E-state index contributed by atoms with van der Waals surface area (Å²) in [5.41, 5.74) is 0.695. The Kier molecular flexibility index (Phi) is 5.76. The minimum Gasteiger partial charge on any atom is -0.338 e. The molecule has 2 heterocycles. The molecule has 6 heteroatoms. The van der Waals surface area contributed by atoms with Gasteiger partial charge in [-0.2, -0.15) is 0 Å². The summed E-state index contributed by atoms with van der Waals surface area (Å²) in [5, 5.41) is 0.649. The van der Waals surface area contributed by atoms with Crippen molar-refractivity contribution in [1.29, 1.82) is 0 Å². The first-order valence-electron chi connectivity index (χ1n) is 8.75. The lowest BCUT2D eigenvalue weighted by atomic mass is 9.96. The highest BCUT2D eigenvalue weighted by Gasteiger charge is 2.28. The number of nitrogens with zero attached hydrogens (tertiary/aromatic N) is 4. The number of likely N-dealkylation sites (N-methyl/N-ethyl adjacent to an activating group) is 1. The molecule has 1 amide bonds. The van der Waals surface area contributed by atoms with Crippen molar-refractivity contribution in [2.45, 2.75) is 25.3 Å². The normalized spacial score (nSPS) is 17.9. The van der Waals surface area contributed by atoms with Gasteiger partial charge in [0.25, 0.3) is 5.91 Å². The van der Waals surface area contributed by atoms with E-state index in [0.29, 0.717) is 16.5 Å². The summed E-state index contributed by atoms with van der Waals surface area (Å²) in [6.45, 7) is 3.42. The minimum absolute atomic E-state index is 0.0766. The van der Waals surface area contributed by atoms with Crippen LogP contribution in [0.1, 0.15) is 34.9 Å². The standard InChI is InChI=1S/C19H25ClN4O/c1-22(2)12-13-23-11-9-21-18(23)16-4-3-10-24(14-16)19(25)15-5-7-17(20)8-6-15/h5-9,11,16H,3-4,10,12-14H2,1-2H3/t16-/m0/s1. The van der Waals surface area contributed by atoms with Crippen LogP contribution in [0.5, 0.6) is 0 Å². The first-order chi connectivity index (χ1) is 12.0. The van der Waals surface area contributed by atoms with Crippen molar-refractivity contribution >= 4 is 17.5 Å². The van der Waals surface area contributed by atoms with Gasteiger partial charge in [0.2, 0.25) is 0 Å². The molecule has 134 valence electrons. The molecule has 3 rings (SSSR count). The van der Waals surface area contributed by atoms with Crippen LogP contribution >= 0.6 is 11.6 Å². The van der Waals surface area contributed by atoms with Crippen molar-refractivity contribution in [3.63, 3.8) is 0 Å². The van der Waals surface area contributed by atoms with E-state index in [0.717, 1.165) is 44.8 Å². The van der Waals surface area contributed by atoms with Crippen molar-refractivity contribution < 1.29 is 4.79 Å². The maximum atomic E-state index is 12.8. The van der Waals surface area contributed by atoms with Gasteiger partial charge < -0.3 is 14.4 Å². The second-order valence-electron chi connectivity index (χ2n) is 6.88. The van der Waals surface area contributed by atoms with E-state index >= 15 is 0 Å². The molecule has 1 aromatic carbocycles. The maximum absolute atomic E-state index is 12.8. The molecule has 1 aliphatic heterocycles. The van der Waals surface area contributed by atoms with E-state index in [9.17, 15) is 4.79 Å². The third-order valence-corrected chi connectivity index (χ3v) is 4.95. The molecule has 1 aromatic heterocycles. The third-order valence-electron chi connectivity index (χ3n) is 4.70. The molecular weight excluding hydrogens is 336 g/mol. The molecule has 1 aliphatic rings. The Hall–Kier alpha value is -1.85. The second kappa shape index (κ2) is 8.02. The molecule has 0 unspecified atom stereocenters. The van der Waals surface area contributed by atoms with Crippen molar-refractivity contribution in [1.82, 2.24) is 19.4 Å². The van der Waals surface area contributed by atoms with Crippen LogP contribution in [0.2, 0.25) is 5.02 Å². The Balaban J connectivity index is 1.70. The molecule has 0 spiro atoms. The number of hydrogen-bond donors (Lipinski definition) is 0. The van der Waals surface area contributed by atoms with E-state index in [1.807, 2.05) is 17.3 Å². The Labute approximate surface area is 154 Å². The minimum atomic E-state index is 0.0766. The summed E-state index contributed by atoms with van der Waals surface area (Å²) in [6, 6.07) is 7.13. The summed E-state index contributed by atoms with van der Waals surface area (Å²) in [4.78, 5) is 21.5. The molecule has 1 fully saturated rings. The number of piperidine rings is 1. The van der Waals surface area contributed by atoms with Crippen molar-refractivity contribution in [2.75, 3.05) is 33.7 Å². The number of benzene rings is 1. The molecule has 0 N–H and O–H groups in total. The summed E-state index contributed by atoms with van der Waals surface area (Å²) < 4.78 is 2.22. The number of halogens is 1. The Morgan fingerprint density at radius 1 is 1.32 bits per heavy atom. The van der Waals surface area contributed by atoms with Crippen LogP contribution in [-0.4, -0.2) is 59.0 Å². The Morgan fingerprint density at radius 2 is 2.08 bits per heavy atom. The van der Waals surface area contributed by atoms with Gasteiger partial charge in [-0.05, 0) is 51.2 Å². The van der Waals surface area contributed by atoms with Gasteiger partial charge in [-0.1, -0.05) is 11.6 Å². The number of imidazole rings is 1. The predicted molar refractivity (Wildman–Crippen MR) is 100 cm³/mol. The molecular formula is C19H25ClN4O. The Morgan fingerprint density at radius 3 is 2.80 bits per heavy atom. The fourth-order valence-corrected chi connectivity index (χ4v) is 3.45. The van der Waals surface area contributed by atoms with E-state index in [1.54, 1.807) is 24.3 Å². The molecule has 0 saturated carbocycles. The average molecular weight is 361 g/mol. The van der Waals surface area contributed by atoms with Crippen molar-refractivity contribution in [2.24, 2.45) is 0 Å². The van der Waals surface area contributed by atoms with Gasteiger partial charge in [0.05, 0.1) is 0 Å². The quantitative estimate of drug-likeness (QED) is 0.822. The van der Waals surface area contributed by atoms with Crippen LogP contribution in [0.4, 0.5) is 0 Å². The largest absolute Gasteiger partial charge is 0.338 e. The van der Waals surface area contributed by atoms with Gasteiger partial charge in [-0.3, -0.25) is 4.79 Å². The molecule has 5 nitrogen and oxygen atoms in total. The molecule has 2 aromatic rings. The number of aromatic nitrogens is 2. The number of carbonyl (C=O) groups is 1. The lowest BCUT2D eigenvalue weighted by Crippen LogP contribution is -2.39. The maximum Gasteiger partial charge on any atom is 0.253 e. The predicted octanol–water partition coefficient (Wildman–Crippen LogP) is 3.12. The summed E-state index contributed by atoms with van der Waals surface area (Å²) in [5.74, 6) is 1.46.